The molecule has 2 aromatic carbocycles. The zero-order valence-electron chi connectivity index (χ0n) is 13.3. The van der Waals surface area contributed by atoms with Gasteiger partial charge < -0.3 is 10.4 Å². The van der Waals surface area contributed by atoms with Crippen molar-refractivity contribution in [3.8, 4) is 11.8 Å². The van der Waals surface area contributed by atoms with Gasteiger partial charge in [-0.3, -0.25) is 0 Å². The number of nitrogens with zero attached hydrogens (tertiary/aromatic N) is 4. The molecule has 7 heteroatoms. The van der Waals surface area contributed by atoms with Crippen molar-refractivity contribution >= 4 is 11.3 Å². The van der Waals surface area contributed by atoms with Gasteiger partial charge in [0.05, 0.1) is 0 Å². The van der Waals surface area contributed by atoms with Crippen LogP contribution < -0.4 is 5.32 Å². The fourth-order valence-electron chi connectivity index (χ4n) is 2.30. The highest BCUT2D eigenvalue weighted by molar-refractivity contribution is 5.73. The summed E-state index contributed by atoms with van der Waals surface area (Å²) in [5.41, 5.74) is 3.55. The Labute approximate surface area is 144 Å². The Morgan fingerprint density at radius 2 is 1.72 bits per heavy atom. The minimum atomic E-state index is 0.250. The van der Waals surface area contributed by atoms with Crippen molar-refractivity contribution in [1.82, 2.24) is 20.6 Å². The van der Waals surface area contributed by atoms with E-state index in [-0.39, 0.29) is 11.6 Å². The lowest BCUT2D eigenvalue weighted by atomic mass is 10.0. The van der Waals surface area contributed by atoms with Crippen molar-refractivity contribution in [3.05, 3.63) is 71.7 Å². The molecule has 0 saturated heterocycles. The molecular weight excluding hydrogens is 316 g/mol. The van der Waals surface area contributed by atoms with Gasteiger partial charge in [-0.25, -0.2) is 0 Å². The van der Waals surface area contributed by atoms with Gasteiger partial charge in [-0.15, -0.1) is 10.2 Å². The lowest BCUT2D eigenvalue weighted by molar-refractivity contribution is 0.475. The fraction of sp³-hybridized carbons (Fsp3) is 0.111. The molecule has 25 heavy (non-hydrogen) atoms. The average Bonchev–Trinajstić information content (AvgIpc) is 3.17. The highest BCUT2D eigenvalue weighted by Crippen LogP contribution is 2.15. The van der Waals surface area contributed by atoms with Crippen LogP contribution in [0.15, 0.2) is 54.7 Å². The lowest BCUT2D eigenvalue weighted by Gasteiger charge is -2.05. The number of aryl methyl sites for hydroxylation is 2. The molecule has 3 N–H and O–H groups in total. The summed E-state index contributed by atoms with van der Waals surface area (Å²) < 4.78 is 0. The number of phenolic OH excluding ortho intramolecular Hbond substituents is 1. The summed E-state index contributed by atoms with van der Waals surface area (Å²) in [4.78, 5) is 0. The first-order chi connectivity index (χ1) is 12.2. The van der Waals surface area contributed by atoms with Crippen LogP contribution in [0.1, 0.15) is 17.0 Å². The molecule has 0 saturated carbocycles. The van der Waals surface area contributed by atoms with Gasteiger partial charge in [0.2, 0.25) is 5.82 Å². The minimum Gasteiger partial charge on any atom is -0.508 e. The number of rotatable bonds is 6. The van der Waals surface area contributed by atoms with Crippen molar-refractivity contribution in [2.24, 2.45) is 0 Å². The van der Waals surface area contributed by atoms with Crippen molar-refractivity contribution in [1.29, 1.82) is 5.26 Å². The molecule has 7 nitrogen and oxygen atoms in total. The number of aromatic hydroxyl groups is 1. The number of allylic oxidation sites excluding steroid dienone is 1. The average molecular weight is 332 g/mol. The van der Waals surface area contributed by atoms with E-state index in [4.69, 9.17) is 5.26 Å². The van der Waals surface area contributed by atoms with Crippen molar-refractivity contribution < 1.29 is 5.11 Å². The normalized spacial score (nSPS) is 11.1. The van der Waals surface area contributed by atoms with Crippen molar-refractivity contribution in [3.63, 3.8) is 0 Å². The van der Waals surface area contributed by atoms with Crippen LogP contribution in [0.2, 0.25) is 0 Å². The van der Waals surface area contributed by atoms with Crippen LogP contribution in [0, 0.1) is 11.3 Å². The van der Waals surface area contributed by atoms with Crippen molar-refractivity contribution in [2.45, 2.75) is 12.8 Å². The zero-order valence-corrected chi connectivity index (χ0v) is 13.3. The van der Waals surface area contributed by atoms with E-state index in [1.165, 1.54) is 11.1 Å². The summed E-state index contributed by atoms with van der Waals surface area (Å²) in [7, 11) is 0. The van der Waals surface area contributed by atoms with Gasteiger partial charge in [-0.05, 0) is 53.4 Å². The minimum absolute atomic E-state index is 0.250. The molecule has 1 aromatic heterocycles. The lowest BCUT2D eigenvalue weighted by Crippen LogP contribution is -1.94. The predicted octanol–water partition coefficient (Wildman–Crippen LogP) is 2.67. The van der Waals surface area contributed by atoms with Crippen LogP contribution in [0.3, 0.4) is 0 Å². The summed E-state index contributed by atoms with van der Waals surface area (Å²) in [6.07, 6.45) is 3.37. The molecule has 1 heterocycles. The Balaban J connectivity index is 1.58. The third kappa shape index (κ3) is 4.42. The van der Waals surface area contributed by atoms with Crippen LogP contribution >= 0.6 is 0 Å². The smallest absolute Gasteiger partial charge is 0.216 e. The summed E-state index contributed by atoms with van der Waals surface area (Å²) in [6.45, 7) is 0. The fourth-order valence-corrected chi connectivity index (χ4v) is 2.30. The standard InChI is InChI=1S/C18H16N6O/c19-11-15(18-21-23-24-22-18)12-20-16-7-3-13(4-8-16)1-2-14-5-9-17(25)10-6-14/h3-10,12,20,25H,1-2H2,(H,21,22,23,24). The first-order valence-electron chi connectivity index (χ1n) is 7.72. The molecule has 0 spiro atoms. The number of hydrogen-bond acceptors (Lipinski definition) is 6. The van der Waals surface area contributed by atoms with Crippen LogP contribution in [0.25, 0.3) is 5.57 Å². The number of H-pyrrole nitrogens is 1. The third-order valence-corrected chi connectivity index (χ3v) is 3.68. The van der Waals surface area contributed by atoms with E-state index in [2.05, 4.69) is 25.9 Å². The molecule has 0 fully saturated rings. The molecule has 0 radical (unpaired) electrons. The predicted molar refractivity (Wildman–Crippen MR) is 93.3 cm³/mol. The van der Waals surface area contributed by atoms with E-state index < -0.39 is 0 Å². The van der Waals surface area contributed by atoms with E-state index in [1.54, 1.807) is 18.3 Å². The second-order valence-corrected chi connectivity index (χ2v) is 5.41. The highest BCUT2D eigenvalue weighted by Gasteiger charge is 2.05. The molecule has 3 aromatic rings. The Kier molecular flexibility index (Phi) is 5.02. The van der Waals surface area contributed by atoms with E-state index >= 15 is 0 Å². The maximum Gasteiger partial charge on any atom is 0.216 e. The zero-order chi connectivity index (χ0) is 17.5. The molecule has 0 amide bonds. The number of tetrazole rings is 1. The van der Waals surface area contributed by atoms with E-state index in [0.29, 0.717) is 5.57 Å². The van der Waals surface area contributed by atoms with E-state index in [9.17, 15) is 5.11 Å². The molecule has 0 aliphatic rings. The number of aromatic nitrogens is 4. The summed E-state index contributed by atoms with van der Waals surface area (Å²) in [6, 6.07) is 17.3. The van der Waals surface area contributed by atoms with E-state index in [1.807, 2.05) is 42.5 Å². The third-order valence-electron chi connectivity index (χ3n) is 3.68. The Morgan fingerprint density at radius 3 is 2.28 bits per heavy atom. The van der Waals surface area contributed by atoms with Gasteiger partial charge in [0.25, 0.3) is 0 Å². The molecule has 0 bridgehead atoms. The number of anilines is 1. The molecule has 3 rings (SSSR count). The molecule has 124 valence electrons. The van der Waals surface area contributed by atoms with E-state index in [0.717, 1.165) is 18.5 Å². The van der Waals surface area contributed by atoms with Crippen LogP contribution in [-0.2, 0) is 12.8 Å². The number of nitrogens with one attached hydrogen (secondary N) is 2. The molecule has 0 unspecified atom stereocenters. The molecule has 0 aliphatic carbocycles. The number of phenols is 1. The second-order valence-electron chi connectivity index (χ2n) is 5.41. The van der Waals surface area contributed by atoms with Gasteiger partial charge in [-0.2, -0.15) is 10.5 Å². The van der Waals surface area contributed by atoms with Crippen molar-refractivity contribution in [2.75, 3.05) is 5.32 Å². The highest BCUT2D eigenvalue weighted by atomic mass is 16.3. The maximum absolute atomic E-state index is 9.30. The molecule has 0 atom stereocenters. The quantitative estimate of drug-likeness (QED) is 0.599. The number of benzene rings is 2. The van der Waals surface area contributed by atoms with Gasteiger partial charge in [0.1, 0.15) is 17.4 Å². The number of aromatic amines is 1. The first kappa shape index (κ1) is 16.2. The molecular formula is C18H16N6O. The van der Waals surface area contributed by atoms with Gasteiger partial charge in [0, 0.05) is 11.9 Å². The Morgan fingerprint density at radius 1 is 1.08 bits per heavy atom. The largest absolute Gasteiger partial charge is 0.508 e. The molecule has 0 aliphatic heterocycles. The number of hydrogen-bond donors (Lipinski definition) is 3. The Hall–Kier alpha value is -3.66. The van der Waals surface area contributed by atoms with Crippen LogP contribution in [0.4, 0.5) is 5.69 Å². The Bertz CT molecular complexity index is 877. The van der Waals surface area contributed by atoms with Crippen LogP contribution in [-0.4, -0.2) is 25.7 Å². The SMILES string of the molecule is N#CC(=CNc1ccc(CCc2ccc(O)cc2)cc1)c1nn[nH]n1. The maximum atomic E-state index is 9.30. The summed E-state index contributed by atoms with van der Waals surface area (Å²) in [5.74, 6) is 0.533. The topological polar surface area (TPSA) is 111 Å². The first-order valence-corrected chi connectivity index (χ1v) is 7.72. The monoisotopic (exact) mass is 332 g/mol. The van der Waals surface area contributed by atoms with Gasteiger partial charge in [0.15, 0.2) is 0 Å². The van der Waals surface area contributed by atoms with Gasteiger partial charge in [-0.1, -0.05) is 24.3 Å². The van der Waals surface area contributed by atoms with Crippen LogP contribution in [0.5, 0.6) is 5.75 Å². The van der Waals surface area contributed by atoms with Gasteiger partial charge >= 0.3 is 0 Å². The summed E-state index contributed by atoms with van der Waals surface area (Å²) in [5, 5.41) is 34.8. The summed E-state index contributed by atoms with van der Waals surface area (Å²) >= 11 is 0. The second kappa shape index (κ2) is 7.75. The number of nitriles is 1.